The first-order chi connectivity index (χ1) is 14.7. The molecule has 30 heavy (non-hydrogen) atoms. The molecule has 1 atom stereocenters. The molecule has 0 spiro atoms. The minimum atomic E-state index is -0.117. The average Bonchev–Trinajstić information content (AvgIpc) is 3.24. The molecule has 0 bridgehead atoms. The number of anilines is 1. The van der Waals surface area contributed by atoms with Gasteiger partial charge in [0.25, 0.3) is 5.56 Å². The number of hydrogen-bond donors (Lipinski definition) is 1. The highest BCUT2D eigenvalue weighted by Gasteiger charge is 2.26. The summed E-state index contributed by atoms with van der Waals surface area (Å²) in [5.74, 6) is 1.64. The van der Waals surface area contributed by atoms with Crippen molar-refractivity contribution in [1.29, 1.82) is 0 Å². The fourth-order valence-electron chi connectivity index (χ4n) is 4.77. The second-order valence-electron chi connectivity index (χ2n) is 8.32. The Kier molecular flexibility index (Phi) is 5.02. The van der Waals surface area contributed by atoms with Crippen molar-refractivity contribution in [1.82, 2.24) is 24.7 Å². The normalized spacial score (nSPS) is 20.5. The second kappa shape index (κ2) is 7.97. The first-order valence-electron chi connectivity index (χ1n) is 10.7. The molecular weight excluding hydrogens is 382 g/mol. The molecule has 2 fully saturated rings. The summed E-state index contributed by atoms with van der Waals surface area (Å²) in [5, 5.41) is 8.00. The Morgan fingerprint density at radius 1 is 1.07 bits per heavy atom. The lowest BCUT2D eigenvalue weighted by molar-refractivity contribution is 0.335. The van der Waals surface area contributed by atoms with Crippen LogP contribution in [0.25, 0.3) is 11.0 Å². The molecule has 9 heteroatoms. The summed E-state index contributed by atoms with van der Waals surface area (Å²) >= 11 is 0. The highest BCUT2D eigenvalue weighted by atomic mass is 16.3. The average molecular weight is 407 g/mol. The van der Waals surface area contributed by atoms with Crippen LogP contribution in [-0.2, 0) is 0 Å². The van der Waals surface area contributed by atoms with Gasteiger partial charge in [-0.2, -0.15) is 5.10 Å². The van der Waals surface area contributed by atoms with Crippen molar-refractivity contribution in [3.05, 3.63) is 45.6 Å². The summed E-state index contributed by atoms with van der Waals surface area (Å²) in [4.78, 5) is 37.8. The number of nitrogens with zero attached hydrogens (tertiary/aromatic N) is 6. The zero-order chi connectivity index (χ0) is 20.5. The van der Waals surface area contributed by atoms with Gasteiger partial charge >= 0.3 is 0 Å². The molecule has 3 aromatic rings. The van der Waals surface area contributed by atoms with E-state index in [2.05, 4.69) is 25.1 Å². The van der Waals surface area contributed by atoms with E-state index in [4.69, 9.17) is 4.98 Å². The standard InChI is InChI=1S/C21H25N7O2/c29-21-17-12-23-28(16-6-2-1-3-7-16)20(17)24-19(25-21)14-5-4-10-27(13-14)18-9-8-15(26-30)11-22-18/h8-9,11-12,14,16H,1-7,10,13H2,(H,24,25,29). The lowest BCUT2D eigenvalue weighted by atomic mass is 9.95. The van der Waals surface area contributed by atoms with Gasteiger partial charge < -0.3 is 9.88 Å². The smallest absolute Gasteiger partial charge is 0.262 e. The number of H-pyrrole nitrogens is 1. The van der Waals surface area contributed by atoms with Crippen molar-refractivity contribution >= 4 is 22.5 Å². The Bertz CT molecular complexity index is 1100. The van der Waals surface area contributed by atoms with Crippen molar-refractivity contribution in [2.24, 2.45) is 5.18 Å². The molecule has 2 aliphatic rings. The van der Waals surface area contributed by atoms with E-state index in [0.717, 1.165) is 43.9 Å². The minimum Gasteiger partial charge on any atom is -0.356 e. The van der Waals surface area contributed by atoms with Gasteiger partial charge in [-0.05, 0) is 43.0 Å². The molecule has 0 aromatic carbocycles. The molecule has 1 saturated heterocycles. The molecule has 1 N–H and O–H groups in total. The maximum absolute atomic E-state index is 12.7. The Morgan fingerprint density at radius 3 is 2.70 bits per heavy atom. The summed E-state index contributed by atoms with van der Waals surface area (Å²) in [6.45, 7) is 1.59. The van der Waals surface area contributed by atoms with Crippen molar-refractivity contribution in [3.8, 4) is 0 Å². The Labute approximate surface area is 173 Å². The summed E-state index contributed by atoms with van der Waals surface area (Å²) in [5.41, 5.74) is 0.908. The lowest BCUT2D eigenvalue weighted by Gasteiger charge is -2.33. The molecule has 9 nitrogen and oxygen atoms in total. The number of hydrogen-bond acceptors (Lipinski definition) is 7. The fraction of sp³-hybridized carbons (Fsp3) is 0.524. The van der Waals surface area contributed by atoms with Crippen LogP contribution in [-0.4, -0.2) is 37.8 Å². The van der Waals surface area contributed by atoms with Crippen LogP contribution < -0.4 is 10.5 Å². The number of nitrogens with one attached hydrogen (secondary N) is 1. The monoisotopic (exact) mass is 407 g/mol. The molecule has 1 saturated carbocycles. The van der Waals surface area contributed by atoms with Gasteiger partial charge in [-0.15, -0.1) is 4.91 Å². The van der Waals surface area contributed by atoms with E-state index in [1.165, 1.54) is 25.5 Å². The Balaban J connectivity index is 1.44. The van der Waals surface area contributed by atoms with Gasteiger partial charge in [0.15, 0.2) is 5.65 Å². The summed E-state index contributed by atoms with van der Waals surface area (Å²) in [7, 11) is 0. The van der Waals surface area contributed by atoms with Gasteiger partial charge in [0, 0.05) is 19.0 Å². The summed E-state index contributed by atoms with van der Waals surface area (Å²) in [6.07, 6.45) is 10.9. The van der Waals surface area contributed by atoms with Gasteiger partial charge in [0.05, 0.1) is 18.4 Å². The maximum Gasteiger partial charge on any atom is 0.262 e. The maximum atomic E-state index is 12.7. The summed E-state index contributed by atoms with van der Waals surface area (Å²) in [6, 6.07) is 3.82. The van der Waals surface area contributed by atoms with Crippen LogP contribution in [0.1, 0.15) is 62.7 Å². The number of nitroso groups, excluding NO2 is 1. The zero-order valence-corrected chi connectivity index (χ0v) is 16.8. The predicted molar refractivity (Wildman–Crippen MR) is 114 cm³/mol. The van der Waals surface area contributed by atoms with Crippen molar-refractivity contribution < 1.29 is 0 Å². The molecule has 0 radical (unpaired) electrons. The first kappa shape index (κ1) is 18.9. The minimum absolute atomic E-state index is 0.108. The van der Waals surface area contributed by atoms with Gasteiger partial charge in [-0.1, -0.05) is 19.3 Å². The van der Waals surface area contributed by atoms with Crippen LogP contribution in [0.3, 0.4) is 0 Å². The zero-order valence-electron chi connectivity index (χ0n) is 16.8. The number of piperidine rings is 1. The largest absolute Gasteiger partial charge is 0.356 e. The first-order valence-corrected chi connectivity index (χ1v) is 10.7. The van der Waals surface area contributed by atoms with Crippen LogP contribution in [0.5, 0.6) is 0 Å². The van der Waals surface area contributed by atoms with Gasteiger partial charge in [0.2, 0.25) is 0 Å². The molecule has 1 unspecified atom stereocenters. The Hall–Kier alpha value is -3.10. The van der Waals surface area contributed by atoms with Crippen LogP contribution in [0.15, 0.2) is 34.5 Å². The van der Waals surface area contributed by atoms with E-state index in [1.807, 2.05) is 10.7 Å². The van der Waals surface area contributed by atoms with Crippen molar-refractivity contribution in [2.45, 2.75) is 56.9 Å². The van der Waals surface area contributed by atoms with E-state index in [1.54, 1.807) is 12.3 Å². The second-order valence-corrected chi connectivity index (χ2v) is 8.32. The fourth-order valence-corrected chi connectivity index (χ4v) is 4.77. The molecule has 5 rings (SSSR count). The van der Waals surface area contributed by atoms with Crippen LogP contribution in [0.4, 0.5) is 11.5 Å². The predicted octanol–water partition coefficient (Wildman–Crippen LogP) is 3.80. The number of aromatic nitrogens is 5. The highest BCUT2D eigenvalue weighted by Crippen LogP contribution is 2.31. The van der Waals surface area contributed by atoms with E-state index in [0.29, 0.717) is 29.3 Å². The third-order valence-electron chi connectivity index (χ3n) is 6.37. The van der Waals surface area contributed by atoms with Crippen LogP contribution in [0, 0.1) is 4.91 Å². The van der Waals surface area contributed by atoms with Crippen LogP contribution >= 0.6 is 0 Å². The molecule has 3 aromatic heterocycles. The van der Waals surface area contributed by atoms with Gasteiger partial charge in [0.1, 0.15) is 22.7 Å². The van der Waals surface area contributed by atoms with E-state index in [9.17, 15) is 9.70 Å². The number of fused-ring (bicyclic) bond motifs is 1. The molecule has 0 amide bonds. The quantitative estimate of drug-likeness (QED) is 0.659. The van der Waals surface area contributed by atoms with E-state index >= 15 is 0 Å². The molecule has 1 aliphatic heterocycles. The van der Waals surface area contributed by atoms with E-state index in [-0.39, 0.29) is 11.5 Å². The van der Waals surface area contributed by atoms with Crippen molar-refractivity contribution in [3.63, 3.8) is 0 Å². The third kappa shape index (κ3) is 3.48. The van der Waals surface area contributed by atoms with Crippen LogP contribution in [0.2, 0.25) is 0 Å². The molecule has 156 valence electrons. The summed E-state index contributed by atoms with van der Waals surface area (Å²) < 4.78 is 1.97. The van der Waals surface area contributed by atoms with Gasteiger partial charge in [-0.25, -0.2) is 14.6 Å². The molecule has 1 aliphatic carbocycles. The SMILES string of the molecule is O=Nc1ccc(N2CCCC(c3nc4c(cnn4C4CCCCC4)c(=O)[nH]3)C2)nc1. The Morgan fingerprint density at radius 2 is 1.93 bits per heavy atom. The topological polar surface area (TPSA) is 109 Å². The van der Waals surface area contributed by atoms with Crippen molar-refractivity contribution in [2.75, 3.05) is 18.0 Å². The lowest BCUT2D eigenvalue weighted by Crippen LogP contribution is -2.36. The number of rotatable bonds is 4. The number of pyridine rings is 1. The molecule has 4 heterocycles. The number of aromatic amines is 1. The molecular formula is C21H25N7O2. The third-order valence-corrected chi connectivity index (χ3v) is 6.37. The van der Waals surface area contributed by atoms with Gasteiger partial charge in [-0.3, -0.25) is 4.79 Å². The van der Waals surface area contributed by atoms with E-state index < -0.39 is 0 Å². The highest BCUT2D eigenvalue weighted by molar-refractivity contribution is 5.73.